The fourth-order valence-corrected chi connectivity index (χ4v) is 5.33. The fourth-order valence-electron chi connectivity index (χ4n) is 2.66. The third-order valence-corrected chi connectivity index (χ3v) is 7.31. The second-order valence-corrected chi connectivity index (χ2v) is 9.88. The van der Waals surface area contributed by atoms with Crippen molar-refractivity contribution in [3.8, 4) is 0 Å². The number of carbonyl (C=O) groups is 1. The van der Waals surface area contributed by atoms with E-state index in [4.69, 9.17) is 0 Å². The van der Waals surface area contributed by atoms with E-state index in [1.54, 1.807) is 25.1 Å². The summed E-state index contributed by atoms with van der Waals surface area (Å²) in [6.07, 6.45) is 1.73. The highest BCUT2D eigenvalue weighted by atomic mass is 79.9. The Kier molecular flexibility index (Phi) is 5.78. The number of allylic oxidation sites excluding steroid dienone is 1. The summed E-state index contributed by atoms with van der Waals surface area (Å²) in [6, 6.07) is 12.0. The molecule has 140 valence electrons. The van der Waals surface area contributed by atoms with Crippen LogP contribution in [-0.2, 0) is 16.4 Å². The fraction of sp³-hybridized carbons (Fsp3) is 0.158. The summed E-state index contributed by atoms with van der Waals surface area (Å²) in [5.41, 5.74) is 1.02. The van der Waals surface area contributed by atoms with E-state index in [2.05, 4.69) is 27.5 Å². The molecule has 3 aromatic rings. The number of hydrogen-bond acceptors (Lipinski definition) is 4. The number of hydrogen-bond donors (Lipinski definition) is 0. The van der Waals surface area contributed by atoms with E-state index in [9.17, 15) is 13.2 Å². The number of rotatable bonds is 5. The summed E-state index contributed by atoms with van der Waals surface area (Å²) in [5.74, 6) is -0.656. The molecule has 0 unspecified atom stereocenters. The van der Waals surface area contributed by atoms with Gasteiger partial charge in [-0.05, 0) is 30.3 Å². The number of fused-ring (bicyclic) bond motifs is 1. The Hall–Kier alpha value is -2.03. The monoisotopic (exact) mass is 464 g/mol. The van der Waals surface area contributed by atoms with E-state index in [1.807, 2.05) is 22.8 Å². The van der Waals surface area contributed by atoms with E-state index in [-0.39, 0.29) is 16.2 Å². The summed E-state index contributed by atoms with van der Waals surface area (Å²) in [5, 5.41) is 0. The highest BCUT2D eigenvalue weighted by molar-refractivity contribution is 9.10. The second kappa shape index (κ2) is 7.92. The molecule has 0 aliphatic heterocycles. The first-order valence-electron chi connectivity index (χ1n) is 8.18. The van der Waals surface area contributed by atoms with Crippen LogP contribution in [0.4, 0.5) is 0 Å². The van der Waals surface area contributed by atoms with Crippen LogP contribution in [-0.4, -0.2) is 24.6 Å². The lowest BCUT2D eigenvalue weighted by molar-refractivity contribution is 0.0994. The lowest BCUT2D eigenvalue weighted by Crippen LogP contribution is -2.17. The van der Waals surface area contributed by atoms with Crippen molar-refractivity contribution >= 4 is 53.2 Å². The third kappa shape index (κ3) is 3.97. The van der Waals surface area contributed by atoms with E-state index in [1.165, 1.54) is 23.5 Å². The molecular weight excluding hydrogens is 448 g/mol. The number of amides is 1. The molecular formula is C19H17BrN2O3S2. The van der Waals surface area contributed by atoms with Gasteiger partial charge in [0.25, 0.3) is 5.91 Å². The molecule has 0 saturated heterocycles. The number of halogens is 1. The number of aromatic nitrogens is 1. The van der Waals surface area contributed by atoms with Crippen molar-refractivity contribution in [2.75, 3.05) is 5.75 Å². The van der Waals surface area contributed by atoms with Gasteiger partial charge in [-0.2, -0.15) is 4.99 Å². The standard InChI is InChI=1S/C19H17BrN2O3S2/c1-3-11-22-15-10-9-13(20)12-16(15)26-19(22)21-18(23)14-7-5-6-8-17(14)27(24,25)4-2/h3,5-10,12H,1,4,11H2,2H3. The molecule has 1 amide bonds. The van der Waals surface area contributed by atoms with Crippen LogP contribution in [0.2, 0.25) is 0 Å². The molecule has 0 saturated carbocycles. The summed E-state index contributed by atoms with van der Waals surface area (Å²) in [6.45, 7) is 5.80. The topological polar surface area (TPSA) is 68.5 Å². The van der Waals surface area contributed by atoms with Gasteiger partial charge in [0.05, 0.1) is 26.4 Å². The Morgan fingerprint density at radius 2 is 2.04 bits per heavy atom. The molecule has 27 heavy (non-hydrogen) atoms. The van der Waals surface area contributed by atoms with Gasteiger partial charge in [-0.1, -0.05) is 52.4 Å². The Labute approximate surface area is 169 Å². The molecule has 2 aromatic carbocycles. The lowest BCUT2D eigenvalue weighted by Gasteiger charge is -2.06. The molecule has 0 bridgehead atoms. The van der Waals surface area contributed by atoms with Crippen molar-refractivity contribution in [2.24, 2.45) is 4.99 Å². The zero-order valence-corrected chi connectivity index (χ0v) is 17.8. The predicted octanol–water partition coefficient (Wildman–Crippen LogP) is 4.19. The minimum Gasteiger partial charge on any atom is -0.312 e. The normalized spacial score (nSPS) is 12.4. The van der Waals surface area contributed by atoms with Crippen molar-refractivity contribution in [3.05, 3.63) is 70.0 Å². The smallest absolute Gasteiger partial charge is 0.280 e. The maximum absolute atomic E-state index is 12.8. The zero-order chi connectivity index (χ0) is 19.6. The average Bonchev–Trinajstić information content (AvgIpc) is 2.98. The van der Waals surface area contributed by atoms with Crippen LogP contribution in [0, 0.1) is 0 Å². The zero-order valence-electron chi connectivity index (χ0n) is 14.6. The van der Waals surface area contributed by atoms with Gasteiger partial charge in [-0.3, -0.25) is 4.79 Å². The van der Waals surface area contributed by atoms with Crippen LogP contribution in [0.15, 0.2) is 69.5 Å². The Morgan fingerprint density at radius 3 is 2.74 bits per heavy atom. The number of nitrogens with zero attached hydrogens (tertiary/aromatic N) is 2. The first kappa shape index (κ1) is 19.7. The highest BCUT2D eigenvalue weighted by Gasteiger charge is 2.20. The Bertz CT molecular complexity index is 1210. The third-order valence-electron chi connectivity index (χ3n) is 3.99. The maximum Gasteiger partial charge on any atom is 0.280 e. The first-order valence-corrected chi connectivity index (χ1v) is 11.4. The van der Waals surface area contributed by atoms with Crippen LogP contribution in [0.3, 0.4) is 0 Å². The molecule has 0 atom stereocenters. The van der Waals surface area contributed by atoms with E-state index < -0.39 is 15.7 Å². The molecule has 0 radical (unpaired) electrons. The molecule has 0 aliphatic rings. The molecule has 5 nitrogen and oxygen atoms in total. The Morgan fingerprint density at radius 1 is 1.30 bits per heavy atom. The van der Waals surface area contributed by atoms with E-state index in [0.717, 1.165) is 14.7 Å². The van der Waals surface area contributed by atoms with E-state index in [0.29, 0.717) is 11.3 Å². The first-order chi connectivity index (χ1) is 12.9. The maximum atomic E-state index is 12.8. The average molecular weight is 465 g/mol. The van der Waals surface area contributed by atoms with Crippen LogP contribution in [0.1, 0.15) is 17.3 Å². The summed E-state index contributed by atoms with van der Waals surface area (Å²) >= 11 is 4.81. The molecule has 0 N–H and O–H groups in total. The predicted molar refractivity (Wildman–Crippen MR) is 112 cm³/mol. The Balaban J connectivity index is 2.20. The van der Waals surface area contributed by atoms with Crippen LogP contribution < -0.4 is 4.80 Å². The van der Waals surface area contributed by atoms with Gasteiger partial charge in [0.1, 0.15) is 0 Å². The summed E-state index contributed by atoms with van der Waals surface area (Å²) < 4.78 is 28.4. The molecule has 0 fully saturated rings. The SMILES string of the molecule is C=CCn1c(=NC(=O)c2ccccc2S(=O)(=O)CC)sc2cc(Br)ccc21. The van der Waals surface area contributed by atoms with E-state index >= 15 is 0 Å². The molecule has 1 aromatic heterocycles. The highest BCUT2D eigenvalue weighted by Crippen LogP contribution is 2.23. The minimum absolute atomic E-state index is 0.0142. The van der Waals surface area contributed by atoms with Crippen molar-refractivity contribution in [1.29, 1.82) is 0 Å². The van der Waals surface area contributed by atoms with Gasteiger partial charge in [0, 0.05) is 11.0 Å². The van der Waals surface area contributed by atoms with Crippen molar-refractivity contribution in [1.82, 2.24) is 4.57 Å². The lowest BCUT2D eigenvalue weighted by atomic mass is 10.2. The number of sulfone groups is 1. The second-order valence-electron chi connectivity index (χ2n) is 5.71. The largest absolute Gasteiger partial charge is 0.312 e. The van der Waals surface area contributed by atoms with Gasteiger partial charge < -0.3 is 4.57 Å². The quantitative estimate of drug-likeness (QED) is 0.531. The molecule has 0 spiro atoms. The van der Waals surface area contributed by atoms with Gasteiger partial charge in [0.2, 0.25) is 0 Å². The van der Waals surface area contributed by atoms with Gasteiger partial charge in [-0.15, -0.1) is 6.58 Å². The number of benzene rings is 2. The van der Waals surface area contributed by atoms with Crippen LogP contribution in [0.25, 0.3) is 10.2 Å². The van der Waals surface area contributed by atoms with Crippen LogP contribution >= 0.6 is 27.3 Å². The molecule has 0 aliphatic carbocycles. The number of thiazole rings is 1. The molecule has 8 heteroatoms. The summed E-state index contributed by atoms with van der Waals surface area (Å²) in [7, 11) is -3.52. The van der Waals surface area contributed by atoms with Crippen molar-refractivity contribution in [3.63, 3.8) is 0 Å². The summed E-state index contributed by atoms with van der Waals surface area (Å²) in [4.78, 5) is 17.6. The van der Waals surface area contributed by atoms with Gasteiger partial charge in [0.15, 0.2) is 14.6 Å². The van der Waals surface area contributed by atoms with Gasteiger partial charge >= 0.3 is 0 Å². The van der Waals surface area contributed by atoms with Crippen molar-refractivity contribution < 1.29 is 13.2 Å². The molecule has 1 heterocycles. The minimum atomic E-state index is -3.52. The number of carbonyl (C=O) groups excluding carboxylic acids is 1. The van der Waals surface area contributed by atoms with Crippen molar-refractivity contribution in [2.45, 2.75) is 18.4 Å². The van der Waals surface area contributed by atoms with Gasteiger partial charge in [-0.25, -0.2) is 8.42 Å². The van der Waals surface area contributed by atoms with Crippen LogP contribution in [0.5, 0.6) is 0 Å². The molecule has 3 rings (SSSR count).